The summed E-state index contributed by atoms with van der Waals surface area (Å²) >= 11 is 0. The van der Waals surface area contributed by atoms with Gasteiger partial charge in [0.15, 0.2) is 0 Å². The second-order valence-corrected chi connectivity index (χ2v) is 2.76. The molecule has 66 valence electrons. The molecule has 0 atom stereocenters. The number of nitrogens with zero attached hydrogens (tertiary/aromatic N) is 2. The van der Waals surface area contributed by atoms with Gasteiger partial charge < -0.3 is 9.88 Å². The van der Waals surface area contributed by atoms with Crippen LogP contribution in [0.4, 0.5) is 0 Å². The van der Waals surface area contributed by atoms with Gasteiger partial charge in [-0.25, -0.2) is 4.98 Å². The molecular weight excluding hydrogens is 150 g/mol. The summed E-state index contributed by atoms with van der Waals surface area (Å²) in [4.78, 5) is 4.17. The minimum Gasteiger partial charge on any atom is -0.340 e. The summed E-state index contributed by atoms with van der Waals surface area (Å²) in [5.41, 5.74) is 1.02. The van der Waals surface area contributed by atoms with E-state index in [9.17, 15) is 0 Å². The summed E-state index contributed by atoms with van der Waals surface area (Å²) in [6.45, 7) is 1.02. The maximum atomic E-state index is 4.17. The third kappa shape index (κ3) is 2.88. The van der Waals surface area contributed by atoms with Crippen LogP contribution in [0.25, 0.3) is 6.08 Å². The Morgan fingerprint density at radius 3 is 3.08 bits per heavy atom. The zero-order valence-electron chi connectivity index (χ0n) is 7.62. The number of imidazole rings is 1. The fourth-order valence-corrected chi connectivity index (χ4v) is 0.951. The summed E-state index contributed by atoms with van der Waals surface area (Å²) in [6.07, 6.45) is 9.01. The number of nitrogens with one attached hydrogen (secondary N) is 1. The third-order valence-corrected chi connectivity index (χ3v) is 1.57. The van der Waals surface area contributed by atoms with E-state index in [1.165, 1.54) is 0 Å². The molecule has 12 heavy (non-hydrogen) atoms. The Morgan fingerprint density at radius 2 is 2.50 bits per heavy atom. The monoisotopic (exact) mass is 165 g/mol. The van der Waals surface area contributed by atoms with Gasteiger partial charge in [0.25, 0.3) is 0 Å². The fraction of sp³-hybridized carbons (Fsp3) is 0.444. The second kappa shape index (κ2) is 4.72. The van der Waals surface area contributed by atoms with Gasteiger partial charge in [0.2, 0.25) is 0 Å². The summed E-state index contributed by atoms with van der Waals surface area (Å²) in [5, 5.41) is 3.08. The molecule has 1 rings (SSSR count). The van der Waals surface area contributed by atoms with Gasteiger partial charge in [-0.15, -0.1) is 0 Å². The molecular formula is C9H15N3. The molecule has 0 aliphatic rings. The molecule has 0 bridgehead atoms. The smallest absolute Gasteiger partial charge is 0.0950 e. The average molecular weight is 165 g/mol. The SMILES string of the molecule is CNCCC=Cc1cn(C)cn1. The molecule has 0 saturated heterocycles. The molecule has 0 radical (unpaired) electrons. The summed E-state index contributed by atoms with van der Waals surface area (Å²) in [5.74, 6) is 0. The molecule has 0 saturated carbocycles. The maximum absolute atomic E-state index is 4.17. The highest BCUT2D eigenvalue weighted by Crippen LogP contribution is 1.97. The second-order valence-electron chi connectivity index (χ2n) is 2.76. The highest BCUT2D eigenvalue weighted by Gasteiger charge is 1.88. The van der Waals surface area contributed by atoms with Gasteiger partial charge in [0.05, 0.1) is 12.0 Å². The first-order chi connectivity index (χ1) is 5.83. The lowest BCUT2D eigenvalue weighted by atomic mass is 10.3. The first-order valence-corrected chi connectivity index (χ1v) is 4.12. The first-order valence-electron chi connectivity index (χ1n) is 4.12. The first kappa shape index (κ1) is 9.00. The van der Waals surface area contributed by atoms with Gasteiger partial charge in [-0.2, -0.15) is 0 Å². The predicted molar refractivity (Wildman–Crippen MR) is 50.8 cm³/mol. The Hall–Kier alpha value is -1.09. The van der Waals surface area contributed by atoms with Crippen molar-refractivity contribution in [3.8, 4) is 0 Å². The summed E-state index contributed by atoms with van der Waals surface area (Å²) in [6, 6.07) is 0. The molecule has 0 aliphatic heterocycles. The molecule has 0 aromatic carbocycles. The summed E-state index contributed by atoms with van der Waals surface area (Å²) < 4.78 is 1.94. The van der Waals surface area contributed by atoms with Crippen molar-refractivity contribution >= 4 is 6.08 Å². The topological polar surface area (TPSA) is 29.9 Å². The van der Waals surface area contributed by atoms with Crippen molar-refractivity contribution in [1.29, 1.82) is 0 Å². The molecule has 1 N–H and O–H groups in total. The van der Waals surface area contributed by atoms with Crippen LogP contribution in [0.1, 0.15) is 12.1 Å². The lowest BCUT2D eigenvalue weighted by molar-refractivity contribution is 0.809. The van der Waals surface area contributed by atoms with Crippen LogP contribution in [0.5, 0.6) is 0 Å². The van der Waals surface area contributed by atoms with Gasteiger partial charge in [-0.3, -0.25) is 0 Å². The standard InChI is InChI=1S/C9H15N3/c1-10-6-4-3-5-9-7-12(2)8-11-9/h3,5,7-8,10H,4,6H2,1-2H3. The van der Waals surface area contributed by atoms with Crippen LogP contribution in [0, 0.1) is 0 Å². The number of hydrogen-bond acceptors (Lipinski definition) is 2. The van der Waals surface area contributed by atoms with Crippen LogP contribution in [0.2, 0.25) is 0 Å². The zero-order chi connectivity index (χ0) is 8.81. The van der Waals surface area contributed by atoms with Crippen LogP contribution < -0.4 is 5.32 Å². The highest BCUT2D eigenvalue weighted by atomic mass is 15.0. The van der Waals surface area contributed by atoms with E-state index < -0.39 is 0 Å². The highest BCUT2D eigenvalue weighted by molar-refractivity contribution is 5.42. The zero-order valence-corrected chi connectivity index (χ0v) is 7.62. The molecule has 0 unspecified atom stereocenters. The van der Waals surface area contributed by atoms with E-state index in [2.05, 4.69) is 16.4 Å². The summed E-state index contributed by atoms with van der Waals surface area (Å²) in [7, 11) is 3.92. The molecule has 1 aromatic rings. The van der Waals surface area contributed by atoms with E-state index in [0.29, 0.717) is 0 Å². The number of aromatic nitrogens is 2. The Labute approximate surface area is 73.1 Å². The van der Waals surface area contributed by atoms with Crippen molar-refractivity contribution < 1.29 is 0 Å². The molecule has 0 amide bonds. The van der Waals surface area contributed by atoms with Gasteiger partial charge in [0, 0.05) is 13.2 Å². The van der Waals surface area contributed by atoms with E-state index in [1.54, 1.807) is 6.33 Å². The van der Waals surface area contributed by atoms with Crippen molar-refractivity contribution in [2.24, 2.45) is 7.05 Å². The Balaban J connectivity index is 2.36. The minimum absolute atomic E-state index is 1.02. The minimum atomic E-state index is 1.02. The van der Waals surface area contributed by atoms with Gasteiger partial charge in [-0.1, -0.05) is 6.08 Å². The largest absolute Gasteiger partial charge is 0.340 e. The number of hydrogen-bond donors (Lipinski definition) is 1. The van der Waals surface area contributed by atoms with Crippen LogP contribution in [-0.2, 0) is 7.05 Å². The molecule has 0 aliphatic carbocycles. The van der Waals surface area contributed by atoms with E-state index in [0.717, 1.165) is 18.7 Å². The van der Waals surface area contributed by atoms with Crippen LogP contribution in [-0.4, -0.2) is 23.1 Å². The van der Waals surface area contributed by atoms with Crippen LogP contribution in [0.3, 0.4) is 0 Å². The van der Waals surface area contributed by atoms with Gasteiger partial charge >= 0.3 is 0 Å². The molecule has 3 heteroatoms. The van der Waals surface area contributed by atoms with Crippen molar-refractivity contribution in [3.63, 3.8) is 0 Å². The number of rotatable bonds is 4. The quantitative estimate of drug-likeness (QED) is 0.676. The Kier molecular flexibility index (Phi) is 3.54. The normalized spacial score (nSPS) is 11.2. The van der Waals surface area contributed by atoms with Crippen molar-refractivity contribution in [2.75, 3.05) is 13.6 Å². The maximum Gasteiger partial charge on any atom is 0.0950 e. The molecule has 1 heterocycles. The van der Waals surface area contributed by atoms with E-state index in [4.69, 9.17) is 0 Å². The van der Waals surface area contributed by atoms with Gasteiger partial charge in [-0.05, 0) is 26.1 Å². The molecule has 0 spiro atoms. The van der Waals surface area contributed by atoms with Crippen molar-refractivity contribution in [2.45, 2.75) is 6.42 Å². The van der Waals surface area contributed by atoms with E-state index in [1.807, 2.05) is 30.9 Å². The molecule has 3 nitrogen and oxygen atoms in total. The third-order valence-electron chi connectivity index (χ3n) is 1.57. The van der Waals surface area contributed by atoms with Crippen molar-refractivity contribution in [1.82, 2.24) is 14.9 Å². The Bertz CT molecular complexity index is 250. The molecule has 1 aromatic heterocycles. The van der Waals surface area contributed by atoms with Gasteiger partial charge in [0.1, 0.15) is 0 Å². The lowest BCUT2D eigenvalue weighted by Gasteiger charge is -1.89. The number of aryl methyl sites for hydroxylation is 1. The van der Waals surface area contributed by atoms with E-state index in [-0.39, 0.29) is 0 Å². The van der Waals surface area contributed by atoms with Crippen LogP contribution in [0.15, 0.2) is 18.6 Å². The predicted octanol–water partition coefficient (Wildman–Crippen LogP) is 1.04. The average Bonchev–Trinajstić information content (AvgIpc) is 2.45. The molecule has 0 fully saturated rings. The fourth-order valence-electron chi connectivity index (χ4n) is 0.951. The van der Waals surface area contributed by atoms with Crippen molar-refractivity contribution in [3.05, 3.63) is 24.3 Å². The van der Waals surface area contributed by atoms with Crippen LogP contribution >= 0.6 is 0 Å². The Morgan fingerprint density at radius 1 is 1.67 bits per heavy atom. The van der Waals surface area contributed by atoms with E-state index >= 15 is 0 Å². The lowest BCUT2D eigenvalue weighted by Crippen LogP contribution is -2.05.